The second kappa shape index (κ2) is 7.00. The number of nitrogens with zero attached hydrogens (tertiary/aromatic N) is 1. The minimum atomic E-state index is 0.141. The van der Waals surface area contributed by atoms with E-state index in [1.165, 1.54) is 0 Å². The molecule has 2 aromatic rings. The van der Waals surface area contributed by atoms with Crippen molar-refractivity contribution >= 4 is 23.4 Å². The van der Waals surface area contributed by atoms with Crippen LogP contribution in [-0.4, -0.2) is 18.2 Å². The van der Waals surface area contributed by atoms with Gasteiger partial charge in [0.15, 0.2) is 0 Å². The van der Waals surface area contributed by atoms with Gasteiger partial charge in [-0.1, -0.05) is 36.4 Å². The summed E-state index contributed by atoms with van der Waals surface area (Å²) in [6, 6.07) is 19.8. The van der Waals surface area contributed by atoms with Gasteiger partial charge < -0.3 is 4.90 Å². The second-order valence-electron chi connectivity index (χ2n) is 4.08. The Bertz CT molecular complexity index is 513. The van der Waals surface area contributed by atoms with Gasteiger partial charge in [-0.25, -0.2) is 0 Å². The SMILES string of the molecule is CCN(C(=O)CSc1ccccc1)c1ccccc1. The molecular weight excluding hydrogens is 254 g/mol. The Morgan fingerprint density at radius 2 is 1.58 bits per heavy atom. The van der Waals surface area contributed by atoms with Crippen molar-refractivity contribution in [2.45, 2.75) is 11.8 Å². The fraction of sp³-hybridized carbons (Fsp3) is 0.188. The van der Waals surface area contributed by atoms with E-state index in [9.17, 15) is 4.79 Å². The van der Waals surface area contributed by atoms with Gasteiger partial charge in [-0.05, 0) is 31.2 Å². The van der Waals surface area contributed by atoms with Crippen molar-refractivity contribution in [3.63, 3.8) is 0 Å². The first-order valence-electron chi connectivity index (χ1n) is 6.34. The lowest BCUT2D eigenvalue weighted by Crippen LogP contribution is -2.32. The number of carbonyl (C=O) groups excluding carboxylic acids is 1. The Balaban J connectivity index is 1.98. The fourth-order valence-corrected chi connectivity index (χ4v) is 2.65. The average Bonchev–Trinajstić information content (AvgIpc) is 2.48. The van der Waals surface area contributed by atoms with Crippen LogP contribution in [0.4, 0.5) is 5.69 Å². The molecule has 0 N–H and O–H groups in total. The number of hydrogen-bond donors (Lipinski definition) is 0. The van der Waals surface area contributed by atoms with E-state index in [-0.39, 0.29) is 5.91 Å². The molecule has 3 heteroatoms. The molecule has 2 nitrogen and oxygen atoms in total. The van der Waals surface area contributed by atoms with Crippen LogP contribution in [0.15, 0.2) is 65.6 Å². The van der Waals surface area contributed by atoms with Crippen LogP contribution in [0.5, 0.6) is 0 Å². The number of para-hydroxylation sites is 1. The third-order valence-electron chi connectivity index (χ3n) is 2.79. The summed E-state index contributed by atoms with van der Waals surface area (Å²) in [5.41, 5.74) is 0.962. The van der Waals surface area contributed by atoms with Crippen LogP contribution in [0.1, 0.15) is 6.92 Å². The van der Waals surface area contributed by atoms with Gasteiger partial charge in [-0.15, -0.1) is 11.8 Å². The number of amides is 1. The van der Waals surface area contributed by atoms with Crippen molar-refractivity contribution in [1.29, 1.82) is 0 Å². The Morgan fingerprint density at radius 3 is 2.16 bits per heavy atom. The van der Waals surface area contributed by atoms with Crippen molar-refractivity contribution in [1.82, 2.24) is 0 Å². The molecule has 0 unspecified atom stereocenters. The van der Waals surface area contributed by atoms with Crippen molar-refractivity contribution < 1.29 is 4.79 Å². The van der Waals surface area contributed by atoms with E-state index in [2.05, 4.69) is 0 Å². The molecule has 0 saturated heterocycles. The number of benzene rings is 2. The summed E-state index contributed by atoms with van der Waals surface area (Å²) in [6.45, 7) is 2.69. The Morgan fingerprint density at radius 1 is 1.00 bits per heavy atom. The maximum absolute atomic E-state index is 12.3. The molecule has 0 aromatic heterocycles. The molecule has 2 rings (SSSR count). The van der Waals surface area contributed by atoms with Crippen molar-refractivity contribution in [2.75, 3.05) is 17.2 Å². The minimum Gasteiger partial charge on any atom is -0.312 e. The predicted octanol–water partition coefficient (Wildman–Crippen LogP) is 3.83. The molecule has 0 aliphatic rings. The highest BCUT2D eigenvalue weighted by Crippen LogP contribution is 2.20. The quantitative estimate of drug-likeness (QED) is 0.770. The van der Waals surface area contributed by atoms with Gasteiger partial charge in [0.1, 0.15) is 0 Å². The molecule has 98 valence electrons. The first-order valence-corrected chi connectivity index (χ1v) is 7.33. The summed E-state index contributed by atoms with van der Waals surface area (Å²) >= 11 is 1.58. The largest absolute Gasteiger partial charge is 0.312 e. The summed E-state index contributed by atoms with van der Waals surface area (Å²) in [5.74, 6) is 0.606. The molecule has 0 spiro atoms. The molecule has 0 fully saturated rings. The van der Waals surface area contributed by atoms with Gasteiger partial charge in [0.05, 0.1) is 5.75 Å². The van der Waals surface area contributed by atoms with Gasteiger partial charge in [-0.3, -0.25) is 4.79 Å². The first-order chi connectivity index (χ1) is 9.31. The third kappa shape index (κ3) is 3.86. The van der Waals surface area contributed by atoms with Crippen LogP contribution in [-0.2, 0) is 4.79 Å². The molecule has 0 radical (unpaired) electrons. The predicted molar refractivity (Wildman–Crippen MR) is 81.6 cm³/mol. The Labute approximate surface area is 118 Å². The summed E-state index contributed by atoms with van der Waals surface area (Å²) in [4.78, 5) is 15.2. The average molecular weight is 271 g/mol. The van der Waals surface area contributed by atoms with Crippen LogP contribution < -0.4 is 4.90 Å². The van der Waals surface area contributed by atoms with Crippen LogP contribution >= 0.6 is 11.8 Å². The zero-order valence-corrected chi connectivity index (χ0v) is 11.8. The van der Waals surface area contributed by atoms with Gasteiger partial charge >= 0.3 is 0 Å². The highest BCUT2D eigenvalue weighted by Gasteiger charge is 2.13. The number of thioether (sulfide) groups is 1. The molecule has 1 amide bonds. The van der Waals surface area contributed by atoms with Gasteiger partial charge in [-0.2, -0.15) is 0 Å². The van der Waals surface area contributed by atoms with E-state index in [0.717, 1.165) is 10.6 Å². The molecule has 2 aromatic carbocycles. The number of anilines is 1. The standard InChI is InChI=1S/C16H17NOS/c1-2-17(14-9-5-3-6-10-14)16(18)13-19-15-11-7-4-8-12-15/h3-12H,2,13H2,1H3. The van der Waals surface area contributed by atoms with E-state index in [1.54, 1.807) is 11.8 Å². The van der Waals surface area contributed by atoms with E-state index in [1.807, 2.05) is 72.5 Å². The Kier molecular flexibility index (Phi) is 5.04. The van der Waals surface area contributed by atoms with Crippen LogP contribution in [0.3, 0.4) is 0 Å². The smallest absolute Gasteiger partial charge is 0.237 e. The van der Waals surface area contributed by atoms with Crippen molar-refractivity contribution in [3.05, 3.63) is 60.7 Å². The van der Waals surface area contributed by atoms with Gasteiger partial charge in [0.25, 0.3) is 0 Å². The van der Waals surface area contributed by atoms with E-state index in [0.29, 0.717) is 12.3 Å². The maximum Gasteiger partial charge on any atom is 0.237 e. The van der Waals surface area contributed by atoms with E-state index >= 15 is 0 Å². The van der Waals surface area contributed by atoms with Crippen LogP contribution in [0, 0.1) is 0 Å². The molecule has 0 saturated carbocycles. The molecule has 0 bridgehead atoms. The van der Waals surface area contributed by atoms with E-state index < -0.39 is 0 Å². The molecule has 0 atom stereocenters. The second-order valence-corrected chi connectivity index (χ2v) is 5.12. The summed E-state index contributed by atoms with van der Waals surface area (Å²) in [5, 5.41) is 0. The lowest BCUT2D eigenvalue weighted by atomic mass is 10.3. The molecule has 0 heterocycles. The topological polar surface area (TPSA) is 20.3 Å². The van der Waals surface area contributed by atoms with E-state index in [4.69, 9.17) is 0 Å². The molecular formula is C16H17NOS. The highest BCUT2D eigenvalue weighted by molar-refractivity contribution is 8.00. The van der Waals surface area contributed by atoms with Crippen LogP contribution in [0.2, 0.25) is 0 Å². The summed E-state index contributed by atoms with van der Waals surface area (Å²) in [6.07, 6.45) is 0. The van der Waals surface area contributed by atoms with Gasteiger partial charge in [0.2, 0.25) is 5.91 Å². The monoisotopic (exact) mass is 271 g/mol. The number of rotatable bonds is 5. The summed E-state index contributed by atoms with van der Waals surface area (Å²) in [7, 11) is 0. The van der Waals surface area contributed by atoms with Crippen molar-refractivity contribution in [2.24, 2.45) is 0 Å². The lowest BCUT2D eigenvalue weighted by molar-refractivity contribution is -0.116. The fourth-order valence-electron chi connectivity index (χ4n) is 1.85. The zero-order valence-electron chi connectivity index (χ0n) is 11.0. The summed E-state index contributed by atoms with van der Waals surface area (Å²) < 4.78 is 0. The maximum atomic E-state index is 12.3. The molecule has 0 aliphatic heterocycles. The Hall–Kier alpha value is -1.74. The first kappa shape index (κ1) is 13.7. The van der Waals surface area contributed by atoms with Crippen LogP contribution in [0.25, 0.3) is 0 Å². The number of hydrogen-bond acceptors (Lipinski definition) is 2. The molecule has 0 aliphatic carbocycles. The number of carbonyl (C=O) groups is 1. The van der Waals surface area contributed by atoms with Gasteiger partial charge in [0, 0.05) is 17.1 Å². The third-order valence-corrected chi connectivity index (χ3v) is 3.79. The minimum absolute atomic E-state index is 0.141. The lowest BCUT2D eigenvalue weighted by Gasteiger charge is -2.20. The molecule has 19 heavy (non-hydrogen) atoms. The normalized spacial score (nSPS) is 10.2. The highest BCUT2D eigenvalue weighted by atomic mass is 32.2. The zero-order chi connectivity index (χ0) is 13.5. The van der Waals surface area contributed by atoms with Crippen molar-refractivity contribution in [3.8, 4) is 0 Å².